The highest BCUT2D eigenvalue weighted by Gasteiger charge is 2.54. The molecule has 2 atom stereocenters. The number of halogens is 1. The van der Waals surface area contributed by atoms with Crippen LogP contribution in [-0.2, 0) is 21.4 Å². The Hall–Kier alpha value is -2.69. The van der Waals surface area contributed by atoms with Gasteiger partial charge in [0.1, 0.15) is 12.2 Å². The first-order valence-corrected chi connectivity index (χ1v) is 11.8. The summed E-state index contributed by atoms with van der Waals surface area (Å²) >= 11 is 0. The van der Waals surface area contributed by atoms with Crippen LogP contribution in [0.15, 0.2) is 12.3 Å². The summed E-state index contributed by atoms with van der Waals surface area (Å²) < 4.78 is 20.0. The van der Waals surface area contributed by atoms with E-state index in [0.717, 1.165) is 25.7 Å². The Morgan fingerprint density at radius 1 is 1.26 bits per heavy atom. The summed E-state index contributed by atoms with van der Waals surface area (Å²) in [6, 6.07) is 0.611. The number of carbonyl (C=O) groups is 3. The molecule has 0 radical (unpaired) electrons. The Labute approximate surface area is 200 Å². The van der Waals surface area contributed by atoms with Crippen molar-refractivity contribution in [1.29, 1.82) is 0 Å². The van der Waals surface area contributed by atoms with Crippen molar-refractivity contribution in [3.05, 3.63) is 12.3 Å². The lowest BCUT2D eigenvalue weighted by Gasteiger charge is -2.47. The number of aliphatic hydroxyl groups is 1. The van der Waals surface area contributed by atoms with Crippen LogP contribution in [0.4, 0.5) is 15.0 Å². The summed E-state index contributed by atoms with van der Waals surface area (Å²) in [6.45, 7) is 6.06. The Kier molecular flexibility index (Phi) is 9.43. The molecule has 2 unspecified atom stereocenters. The van der Waals surface area contributed by atoms with E-state index in [4.69, 9.17) is 0 Å². The molecule has 2 saturated carbocycles. The zero-order valence-corrected chi connectivity index (χ0v) is 20.7. The van der Waals surface area contributed by atoms with Gasteiger partial charge in [0.05, 0.1) is 12.6 Å². The third-order valence-electron chi connectivity index (χ3n) is 6.58. The van der Waals surface area contributed by atoms with E-state index in [9.17, 15) is 23.9 Å². The lowest BCUT2D eigenvalue weighted by molar-refractivity contribution is -0.140. The number of nitrogens with zero attached hydrogens (tertiary/aromatic N) is 2. The van der Waals surface area contributed by atoms with Crippen molar-refractivity contribution in [3.8, 4) is 0 Å². The van der Waals surface area contributed by atoms with Gasteiger partial charge in [0.2, 0.25) is 5.91 Å². The molecule has 0 aromatic carbocycles. The lowest BCUT2D eigenvalue weighted by atomic mass is 9.70. The molecule has 192 valence electrons. The molecular formula is C23H38FN5O5. The van der Waals surface area contributed by atoms with E-state index in [-0.39, 0.29) is 24.1 Å². The maximum atomic E-state index is 13.9. The zero-order valence-electron chi connectivity index (χ0n) is 20.7. The van der Waals surface area contributed by atoms with Gasteiger partial charge in [-0.1, -0.05) is 33.6 Å². The molecule has 4 N–H and O–H groups in total. The molecule has 3 amide bonds. The number of hydrogen-bond donors (Lipinski definition) is 4. The van der Waals surface area contributed by atoms with Crippen molar-refractivity contribution in [2.45, 2.75) is 89.6 Å². The van der Waals surface area contributed by atoms with Crippen LogP contribution in [-0.4, -0.2) is 63.8 Å². The first-order valence-electron chi connectivity index (χ1n) is 11.8. The van der Waals surface area contributed by atoms with Gasteiger partial charge in [-0.2, -0.15) is 5.10 Å². The molecule has 10 nitrogen and oxygen atoms in total. The molecule has 3 rings (SSSR count). The number of ether oxygens (including phenoxy) is 1. The van der Waals surface area contributed by atoms with Crippen molar-refractivity contribution in [2.24, 2.45) is 12.5 Å². The number of nitrogens with one attached hydrogen (secondary N) is 3. The maximum absolute atomic E-state index is 13.9. The first-order chi connectivity index (χ1) is 16.1. The molecule has 11 heteroatoms. The number of alkyl halides is 1. The Balaban J connectivity index is 0.00000199. The smallest absolute Gasteiger partial charge is 0.407 e. The normalized spacial score (nSPS) is 24.5. The second-order valence-corrected chi connectivity index (χ2v) is 9.33. The van der Waals surface area contributed by atoms with Crippen LogP contribution < -0.4 is 16.0 Å². The molecule has 2 aliphatic rings. The van der Waals surface area contributed by atoms with Gasteiger partial charge >= 0.3 is 6.09 Å². The summed E-state index contributed by atoms with van der Waals surface area (Å²) in [5.74, 6) is -1.15. The second kappa shape index (κ2) is 11.6. The van der Waals surface area contributed by atoms with Gasteiger partial charge in [0.15, 0.2) is 11.9 Å². The number of rotatable bonds is 8. The average Bonchev–Trinajstić information content (AvgIpc) is 3.40. The van der Waals surface area contributed by atoms with Gasteiger partial charge in [0.25, 0.3) is 5.91 Å². The molecule has 2 fully saturated rings. The Morgan fingerprint density at radius 3 is 2.38 bits per heavy atom. The third-order valence-corrected chi connectivity index (χ3v) is 6.58. The SMILES string of the molecule is CC.COC(=O)NC(CC1(C)CCCC1)C(=O)NC1(C(O)C(=O)Nc2ccn(C)n2)CC(F)C1. The van der Waals surface area contributed by atoms with Crippen LogP contribution in [0.5, 0.6) is 0 Å². The standard InChI is InChI=1S/C21H32FN5O5.C2H6/c1-20(7-4-5-8-20)12-14(23-19(31)32-3)17(29)25-21(10-13(22)11-21)16(28)18(30)24-15-6-9-27(2)26-15;1-2/h6,9,13-14,16,28H,4-5,7-8,10-12H2,1-3H3,(H,23,31)(H,25,29)(H,24,26,30);1-2H3. The summed E-state index contributed by atoms with van der Waals surface area (Å²) in [7, 11) is 2.88. The number of amides is 3. The van der Waals surface area contributed by atoms with E-state index >= 15 is 0 Å². The largest absolute Gasteiger partial charge is 0.453 e. The van der Waals surface area contributed by atoms with Crippen LogP contribution in [0.3, 0.4) is 0 Å². The fourth-order valence-corrected chi connectivity index (χ4v) is 4.72. The highest BCUT2D eigenvalue weighted by molar-refractivity contribution is 5.95. The summed E-state index contributed by atoms with van der Waals surface area (Å²) in [4.78, 5) is 37.6. The van der Waals surface area contributed by atoms with Crippen LogP contribution in [0.1, 0.15) is 65.7 Å². The lowest BCUT2D eigenvalue weighted by Crippen LogP contribution is -2.69. The second-order valence-electron chi connectivity index (χ2n) is 9.33. The van der Waals surface area contributed by atoms with Crippen molar-refractivity contribution in [2.75, 3.05) is 12.4 Å². The summed E-state index contributed by atoms with van der Waals surface area (Å²) in [5.41, 5.74) is -1.60. The van der Waals surface area contributed by atoms with Crippen molar-refractivity contribution >= 4 is 23.7 Å². The van der Waals surface area contributed by atoms with Gasteiger partial charge in [0, 0.05) is 32.2 Å². The van der Waals surface area contributed by atoms with Crippen LogP contribution in [0.2, 0.25) is 0 Å². The number of aliphatic hydroxyl groups excluding tert-OH is 1. The van der Waals surface area contributed by atoms with Crippen LogP contribution in [0, 0.1) is 5.41 Å². The number of hydrogen-bond acceptors (Lipinski definition) is 6. The molecule has 0 spiro atoms. The molecule has 0 aliphatic heterocycles. The fourth-order valence-electron chi connectivity index (χ4n) is 4.72. The predicted molar refractivity (Wildman–Crippen MR) is 125 cm³/mol. The third kappa shape index (κ3) is 6.68. The average molecular weight is 484 g/mol. The molecule has 0 bridgehead atoms. The number of anilines is 1. The maximum Gasteiger partial charge on any atom is 0.407 e. The highest BCUT2D eigenvalue weighted by Crippen LogP contribution is 2.42. The monoisotopic (exact) mass is 483 g/mol. The molecule has 1 aromatic heterocycles. The molecule has 1 heterocycles. The summed E-state index contributed by atoms with van der Waals surface area (Å²) in [5, 5.41) is 22.4. The van der Waals surface area contributed by atoms with E-state index in [0.29, 0.717) is 6.42 Å². The van der Waals surface area contributed by atoms with Crippen molar-refractivity contribution in [3.63, 3.8) is 0 Å². The molecule has 1 aromatic rings. The Bertz CT molecular complexity index is 849. The molecule has 0 saturated heterocycles. The minimum Gasteiger partial charge on any atom is -0.453 e. The quantitative estimate of drug-likeness (QED) is 0.449. The Morgan fingerprint density at radius 2 is 1.88 bits per heavy atom. The number of aryl methyl sites for hydroxylation is 1. The van der Waals surface area contributed by atoms with Gasteiger partial charge in [-0.05, 0) is 24.7 Å². The van der Waals surface area contributed by atoms with Crippen LogP contribution >= 0.6 is 0 Å². The van der Waals surface area contributed by atoms with Gasteiger partial charge in [-0.15, -0.1) is 0 Å². The number of aromatic nitrogens is 2. The highest BCUT2D eigenvalue weighted by atomic mass is 19.1. The predicted octanol–water partition coefficient (Wildman–Crippen LogP) is 2.43. The van der Waals surface area contributed by atoms with E-state index in [1.807, 2.05) is 13.8 Å². The molecular weight excluding hydrogens is 445 g/mol. The zero-order chi connectivity index (χ0) is 25.5. The summed E-state index contributed by atoms with van der Waals surface area (Å²) in [6.07, 6.45) is 1.80. The van der Waals surface area contributed by atoms with Gasteiger partial charge in [-0.3, -0.25) is 14.3 Å². The van der Waals surface area contributed by atoms with E-state index < -0.39 is 41.8 Å². The molecule has 2 aliphatic carbocycles. The number of carbonyl (C=O) groups excluding carboxylic acids is 3. The topological polar surface area (TPSA) is 135 Å². The minimum absolute atomic E-state index is 0.132. The van der Waals surface area contributed by atoms with E-state index in [2.05, 4.69) is 32.7 Å². The van der Waals surface area contributed by atoms with Crippen molar-refractivity contribution < 1.29 is 28.6 Å². The van der Waals surface area contributed by atoms with Gasteiger partial charge < -0.3 is 25.8 Å². The molecule has 34 heavy (non-hydrogen) atoms. The van der Waals surface area contributed by atoms with E-state index in [1.165, 1.54) is 11.8 Å². The fraction of sp³-hybridized carbons (Fsp3) is 0.739. The van der Waals surface area contributed by atoms with Crippen LogP contribution in [0.25, 0.3) is 0 Å². The minimum atomic E-state index is -1.69. The number of alkyl carbamates (subject to hydrolysis) is 1. The first kappa shape index (κ1) is 27.6. The van der Waals surface area contributed by atoms with Gasteiger partial charge in [-0.25, -0.2) is 9.18 Å². The number of methoxy groups -OCH3 is 1. The van der Waals surface area contributed by atoms with E-state index in [1.54, 1.807) is 19.3 Å². The van der Waals surface area contributed by atoms with Crippen molar-refractivity contribution in [1.82, 2.24) is 20.4 Å².